The standard InChI is InChI=1S/C17H15F2N3O2/c1-17(24,12-2-4-13(18)5-3-12)10-21-16(23)22-15-7-6-14(19)8-11(15)9-20/h2-8,24H,10H2,1H3,(H2,21,22,23). The zero-order valence-corrected chi connectivity index (χ0v) is 12.8. The number of rotatable bonds is 4. The third kappa shape index (κ3) is 4.27. The average molecular weight is 331 g/mol. The van der Waals surface area contributed by atoms with E-state index in [2.05, 4.69) is 10.6 Å². The van der Waals surface area contributed by atoms with E-state index in [1.165, 1.54) is 37.3 Å². The summed E-state index contributed by atoms with van der Waals surface area (Å²) in [5.74, 6) is -1.02. The molecule has 7 heteroatoms. The minimum absolute atomic E-state index is 0.0181. The summed E-state index contributed by atoms with van der Waals surface area (Å²) in [5, 5.41) is 24.2. The highest BCUT2D eigenvalue weighted by Crippen LogP contribution is 2.20. The first-order valence-corrected chi connectivity index (χ1v) is 7.05. The first-order valence-electron chi connectivity index (χ1n) is 7.05. The van der Waals surface area contributed by atoms with Gasteiger partial charge in [-0.05, 0) is 42.8 Å². The summed E-state index contributed by atoms with van der Waals surface area (Å²) < 4.78 is 26.0. The fourth-order valence-electron chi connectivity index (χ4n) is 2.05. The molecule has 1 atom stereocenters. The van der Waals surface area contributed by atoms with Gasteiger partial charge in [0, 0.05) is 0 Å². The molecule has 0 aliphatic heterocycles. The van der Waals surface area contributed by atoms with Crippen molar-refractivity contribution in [1.82, 2.24) is 5.32 Å². The lowest BCUT2D eigenvalue weighted by molar-refractivity contribution is 0.0599. The maximum absolute atomic E-state index is 13.1. The van der Waals surface area contributed by atoms with Gasteiger partial charge < -0.3 is 15.7 Å². The van der Waals surface area contributed by atoms with Crippen molar-refractivity contribution in [3.8, 4) is 6.07 Å². The number of carbonyl (C=O) groups is 1. The minimum Gasteiger partial charge on any atom is -0.384 e. The predicted octanol–water partition coefficient (Wildman–Crippen LogP) is 2.87. The smallest absolute Gasteiger partial charge is 0.319 e. The van der Waals surface area contributed by atoms with Crippen molar-refractivity contribution in [1.29, 1.82) is 5.26 Å². The summed E-state index contributed by atoms with van der Waals surface area (Å²) in [5.41, 5.74) is -0.844. The van der Waals surface area contributed by atoms with E-state index < -0.39 is 23.3 Å². The van der Waals surface area contributed by atoms with Crippen molar-refractivity contribution < 1.29 is 18.7 Å². The normalized spacial score (nSPS) is 12.8. The number of amides is 2. The van der Waals surface area contributed by atoms with Gasteiger partial charge in [-0.15, -0.1) is 0 Å². The molecule has 0 saturated carbocycles. The number of anilines is 1. The van der Waals surface area contributed by atoms with Crippen LogP contribution < -0.4 is 10.6 Å². The SMILES string of the molecule is CC(O)(CNC(=O)Nc1ccc(F)cc1C#N)c1ccc(F)cc1. The van der Waals surface area contributed by atoms with Crippen LogP contribution in [-0.2, 0) is 5.60 Å². The van der Waals surface area contributed by atoms with Crippen LogP contribution in [0.1, 0.15) is 18.1 Å². The first-order chi connectivity index (χ1) is 11.3. The minimum atomic E-state index is -1.41. The molecule has 0 aliphatic rings. The van der Waals surface area contributed by atoms with Gasteiger partial charge in [-0.25, -0.2) is 13.6 Å². The number of nitrogens with zero attached hydrogens (tertiary/aromatic N) is 1. The number of benzene rings is 2. The van der Waals surface area contributed by atoms with Gasteiger partial charge in [-0.2, -0.15) is 5.26 Å². The Bertz CT molecular complexity index is 783. The number of aliphatic hydroxyl groups is 1. The van der Waals surface area contributed by atoms with Gasteiger partial charge in [0.15, 0.2) is 0 Å². The van der Waals surface area contributed by atoms with Crippen molar-refractivity contribution in [2.75, 3.05) is 11.9 Å². The van der Waals surface area contributed by atoms with E-state index in [4.69, 9.17) is 5.26 Å². The van der Waals surface area contributed by atoms with Gasteiger partial charge in [0.1, 0.15) is 23.3 Å². The van der Waals surface area contributed by atoms with Crippen LogP contribution in [-0.4, -0.2) is 17.7 Å². The highest BCUT2D eigenvalue weighted by molar-refractivity contribution is 5.90. The molecule has 0 spiro atoms. The number of carbonyl (C=O) groups excluding carboxylic acids is 1. The van der Waals surface area contributed by atoms with Crippen LogP contribution in [0.3, 0.4) is 0 Å². The predicted molar refractivity (Wildman–Crippen MR) is 84.1 cm³/mol. The summed E-state index contributed by atoms with van der Waals surface area (Å²) in [7, 11) is 0. The number of nitrogens with one attached hydrogen (secondary N) is 2. The molecule has 0 fully saturated rings. The molecule has 1 unspecified atom stereocenters. The largest absolute Gasteiger partial charge is 0.384 e. The molecule has 0 saturated heterocycles. The maximum atomic E-state index is 13.1. The summed E-state index contributed by atoms with van der Waals surface area (Å²) >= 11 is 0. The van der Waals surface area contributed by atoms with Gasteiger partial charge in [0.2, 0.25) is 0 Å². The molecule has 5 nitrogen and oxygen atoms in total. The summed E-state index contributed by atoms with van der Waals surface area (Å²) in [6, 6.07) is 9.76. The molecule has 0 bridgehead atoms. The van der Waals surface area contributed by atoms with Crippen LogP contribution in [0.5, 0.6) is 0 Å². The molecule has 0 aliphatic carbocycles. The van der Waals surface area contributed by atoms with Crippen LogP contribution in [0.15, 0.2) is 42.5 Å². The van der Waals surface area contributed by atoms with Crippen molar-refractivity contribution in [2.45, 2.75) is 12.5 Å². The molecule has 124 valence electrons. The molecule has 2 aromatic rings. The van der Waals surface area contributed by atoms with E-state index in [9.17, 15) is 18.7 Å². The monoisotopic (exact) mass is 331 g/mol. The van der Waals surface area contributed by atoms with Gasteiger partial charge in [0.25, 0.3) is 0 Å². The lowest BCUT2D eigenvalue weighted by atomic mass is 9.96. The Morgan fingerprint density at radius 1 is 1.21 bits per heavy atom. The average Bonchev–Trinajstić information content (AvgIpc) is 2.55. The number of hydrogen-bond donors (Lipinski definition) is 3. The van der Waals surface area contributed by atoms with Crippen molar-refractivity contribution >= 4 is 11.7 Å². The molecule has 2 aromatic carbocycles. The number of urea groups is 1. The summed E-state index contributed by atoms with van der Waals surface area (Å²) in [4.78, 5) is 11.9. The number of hydrogen-bond acceptors (Lipinski definition) is 3. The Kier molecular flexibility index (Phi) is 5.11. The fraction of sp³-hybridized carbons (Fsp3) is 0.176. The maximum Gasteiger partial charge on any atom is 0.319 e. The molecular formula is C17H15F2N3O2. The van der Waals surface area contributed by atoms with E-state index >= 15 is 0 Å². The molecular weight excluding hydrogens is 316 g/mol. The third-order valence-corrected chi connectivity index (χ3v) is 3.41. The second kappa shape index (κ2) is 7.06. The van der Waals surface area contributed by atoms with Gasteiger partial charge in [-0.1, -0.05) is 12.1 Å². The van der Waals surface area contributed by atoms with Crippen LogP contribution in [0.4, 0.5) is 19.3 Å². The highest BCUT2D eigenvalue weighted by atomic mass is 19.1. The lowest BCUT2D eigenvalue weighted by Crippen LogP contribution is -2.40. The highest BCUT2D eigenvalue weighted by Gasteiger charge is 2.24. The van der Waals surface area contributed by atoms with Gasteiger partial charge in [-0.3, -0.25) is 0 Å². The van der Waals surface area contributed by atoms with Gasteiger partial charge in [0.05, 0.1) is 17.8 Å². The molecule has 2 rings (SSSR count). The second-order valence-corrected chi connectivity index (χ2v) is 5.39. The lowest BCUT2D eigenvalue weighted by Gasteiger charge is -2.24. The zero-order valence-electron chi connectivity index (χ0n) is 12.8. The van der Waals surface area contributed by atoms with E-state index in [1.807, 2.05) is 0 Å². The number of halogens is 2. The third-order valence-electron chi connectivity index (χ3n) is 3.41. The Balaban J connectivity index is 2.00. The van der Waals surface area contributed by atoms with E-state index in [1.54, 1.807) is 6.07 Å². The Morgan fingerprint density at radius 3 is 2.46 bits per heavy atom. The fourth-order valence-corrected chi connectivity index (χ4v) is 2.05. The van der Waals surface area contributed by atoms with E-state index in [-0.39, 0.29) is 17.8 Å². The van der Waals surface area contributed by atoms with E-state index in [0.717, 1.165) is 12.1 Å². The van der Waals surface area contributed by atoms with E-state index in [0.29, 0.717) is 5.56 Å². The van der Waals surface area contributed by atoms with Crippen LogP contribution in [0.2, 0.25) is 0 Å². The van der Waals surface area contributed by atoms with Crippen LogP contribution >= 0.6 is 0 Å². The number of nitriles is 1. The van der Waals surface area contributed by atoms with Gasteiger partial charge >= 0.3 is 6.03 Å². The molecule has 2 amide bonds. The van der Waals surface area contributed by atoms with Crippen LogP contribution in [0.25, 0.3) is 0 Å². The Labute approximate surface area is 137 Å². The molecule has 0 aromatic heterocycles. The molecule has 24 heavy (non-hydrogen) atoms. The first kappa shape index (κ1) is 17.4. The van der Waals surface area contributed by atoms with Crippen molar-refractivity contribution in [2.24, 2.45) is 0 Å². The quantitative estimate of drug-likeness (QED) is 0.805. The molecule has 0 radical (unpaired) electrons. The molecule has 0 heterocycles. The summed E-state index contributed by atoms with van der Waals surface area (Å²) in [6.45, 7) is 1.33. The zero-order chi connectivity index (χ0) is 17.7. The van der Waals surface area contributed by atoms with Crippen molar-refractivity contribution in [3.05, 3.63) is 65.2 Å². The van der Waals surface area contributed by atoms with Crippen LogP contribution in [0, 0.1) is 23.0 Å². The summed E-state index contributed by atoms with van der Waals surface area (Å²) in [6.07, 6.45) is 0. The Morgan fingerprint density at radius 2 is 1.83 bits per heavy atom. The second-order valence-electron chi connectivity index (χ2n) is 5.39. The topological polar surface area (TPSA) is 85.2 Å². The Hall–Kier alpha value is -2.98. The van der Waals surface area contributed by atoms with Crippen molar-refractivity contribution in [3.63, 3.8) is 0 Å². The molecule has 3 N–H and O–H groups in total.